The molecule has 4 aliphatic rings. The van der Waals surface area contributed by atoms with Crippen LogP contribution in [0.1, 0.15) is 42.9 Å². The van der Waals surface area contributed by atoms with Gasteiger partial charge in [-0.15, -0.1) is 5.10 Å². The fourth-order valence-electron chi connectivity index (χ4n) is 9.52. The van der Waals surface area contributed by atoms with Gasteiger partial charge in [0.1, 0.15) is 37.4 Å². The second kappa shape index (κ2) is 21.3. The maximum absolute atomic E-state index is 14.1. The Morgan fingerprint density at radius 1 is 0.620 bits per heavy atom. The van der Waals surface area contributed by atoms with E-state index in [0.717, 1.165) is 92.4 Å². The van der Waals surface area contributed by atoms with Crippen LogP contribution in [0.25, 0.3) is 0 Å². The third kappa shape index (κ3) is 12.8. The maximum Gasteiger partial charge on any atom is 0.408 e. The summed E-state index contributed by atoms with van der Waals surface area (Å²) < 4.78 is 141. The van der Waals surface area contributed by atoms with Gasteiger partial charge in [-0.1, -0.05) is 12.1 Å². The summed E-state index contributed by atoms with van der Waals surface area (Å²) in [4.78, 5) is 29.3. The van der Waals surface area contributed by atoms with Crippen molar-refractivity contribution in [1.29, 1.82) is 0 Å². The third-order valence-corrected chi connectivity index (χ3v) is 13.1. The molecule has 2 N–H and O–H groups in total. The molecular formula is C45H46BrF10N13O2. The van der Waals surface area contributed by atoms with Crippen LogP contribution in [0.5, 0.6) is 23.5 Å². The zero-order valence-electron chi connectivity index (χ0n) is 37.9. The molecule has 0 spiro atoms. The summed E-state index contributed by atoms with van der Waals surface area (Å²) in [6.07, 6.45) is -1.03. The van der Waals surface area contributed by atoms with E-state index in [0.29, 0.717) is 45.5 Å². The Hall–Kier alpha value is -6.18. The largest absolute Gasteiger partial charge is 0.421 e. The molecule has 2 aliphatic heterocycles. The predicted molar refractivity (Wildman–Crippen MR) is 238 cm³/mol. The summed E-state index contributed by atoms with van der Waals surface area (Å²) in [5.41, 5.74) is 8.11. The van der Waals surface area contributed by atoms with Gasteiger partial charge in [0.05, 0.1) is 0 Å². The minimum atomic E-state index is -4.59. The number of benzene rings is 2. The molecule has 2 aliphatic carbocycles. The molecule has 4 unspecified atom stereocenters. The van der Waals surface area contributed by atoms with Gasteiger partial charge in [0.2, 0.25) is 16.4 Å². The molecule has 0 radical (unpaired) electrons. The van der Waals surface area contributed by atoms with Gasteiger partial charge in [-0.2, -0.15) is 50.2 Å². The van der Waals surface area contributed by atoms with E-state index in [1.54, 1.807) is 12.7 Å². The average Bonchev–Trinajstić information content (AvgIpc) is 3.94. The second-order valence-corrected chi connectivity index (χ2v) is 18.5. The molecule has 71 heavy (non-hydrogen) atoms. The number of piperidine rings is 2. The van der Waals surface area contributed by atoms with Gasteiger partial charge in [-0.3, -0.25) is 0 Å². The number of fused-ring (bicyclic) bond motifs is 4. The van der Waals surface area contributed by atoms with Crippen molar-refractivity contribution in [2.75, 3.05) is 36.0 Å². The van der Waals surface area contributed by atoms with Gasteiger partial charge in [-0.05, 0) is 109 Å². The molecule has 4 aromatic heterocycles. The van der Waals surface area contributed by atoms with Gasteiger partial charge in [-0.25, -0.2) is 38.1 Å². The van der Waals surface area contributed by atoms with Gasteiger partial charge in [0.25, 0.3) is 0 Å². The number of aromatic nitrogens is 10. The molecule has 6 aromatic rings. The summed E-state index contributed by atoms with van der Waals surface area (Å²) >= 11 is 2.78. The number of alkyl halides is 6. The normalized spacial score (nSPS) is 21.6. The van der Waals surface area contributed by atoms with Crippen LogP contribution in [-0.2, 0) is 19.5 Å². The van der Waals surface area contributed by atoms with E-state index in [2.05, 4.69) is 71.9 Å². The first kappa shape index (κ1) is 51.2. The quantitative estimate of drug-likeness (QED) is 0.129. The fourth-order valence-corrected chi connectivity index (χ4v) is 9.87. The van der Waals surface area contributed by atoms with E-state index in [9.17, 15) is 43.9 Å². The summed E-state index contributed by atoms with van der Waals surface area (Å²) in [6.45, 7) is 4.67. The molecule has 26 heteroatoms. The zero-order valence-corrected chi connectivity index (χ0v) is 39.5. The molecule has 0 amide bonds. The minimum Gasteiger partial charge on any atom is -0.421 e. The highest BCUT2D eigenvalue weighted by Crippen LogP contribution is 2.45. The van der Waals surface area contributed by atoms with Crippen molar-refractivity contribution in [3.8, 4) is 23.5 Å². The Kier molecular flexibility index (Phi) is 15.3. The van der Waals surface area contributed by atoms with Crippen molar-refractivity contribution >= 4 is 27.6 Å². The summed E-state index contributed by atoms with van der Waals surface area (Å²) in [5.74, 6) is -1.89. The lowest BCUT2D eigenvalue weighted by atomic mass is 9.82. The highest BCUT2D eigenvalue weighted by molar-refractivity contribution is 9.10. The fraction of sp³-hybridized carbons (Fsp3) is 0.467. The van der Waals surface area contributed by atoms with Crippen LogP contribution in [0.4, 0.5) is 55.5 Å². The monoisotopic (exact) mass is 1070 g/mol. The molecule has 2 aromatic carbocycles. The lowest BCUT2D eigenvalue weighted by molar-refractivity contribution is -0.144. The van der Waals surface area contributed by atoms with Gasteiger partial charge in [0, 0.05) is 62.2 Å². The molecule has 380 valence electrons. The number of halogens is 11. The number of hydrogen-bond acceptors (Lipinski definition) is 13. The Labute approximate surface area is 408 Å². The summed E-state index contributed by atoms with van der Waals surface area (Å²) in [6, 6.07) is 9.54. The van der Waals surface area contributed by atoms with Crippen LogP contribution in [0.2, 0.25) is 0 Å². The van der Waals surface area contributed by atoms with Crippen LogP contribution < -0.4 is 25.0 Å². The molecule has 4 bridgehead atoms. The van der Waals surface area contributed by atoms with Crippen LogP contribution in [0.15, 0.2) is 65.9 Å². The number of nitrogens with zero attached hydrogens (tertiary/aromatic N) is 12. The Bertz CT molecular complexity index is 2770. The first-order chi connectivity index (χ1) is 33.7. The smallest absolute Gasteiger partial charge is 0.408 e. The van der Waals surface area contributed by atoms with Crippen LogP contribution in [-0.4, -0.2) is 94.0 Å². The first-order valence-electron chi connectivity index (χ1n) is 22.4. The number of nitrogens with two attached hydrogens (primary N) is 1. The lowest BCUT2D eigenvalue weighted by Crippen LogP contribution is -2.49. The summed E-state index contributed by atoms with van der Waals surface area (Å²) in [7, 11) is 0. The molecule has 2 saturated heterocycles. The van der Waals surface area contributed by atoms with Crippen LogP contribution >= 0.6 is 15.9 Å². The molecule has 6 heterocycles. The molecule has 4 fully saturated rings. The number of hydrogen-bond donors (Lipinski definition) is 1. The lowest BCUT2D eigenvalue weighted by Gasteiger charge is -2.38. The zero-order chi connectivity index (χ0) is 50.8. The van der Waals surface area contributed by atoms with E-state index < -0.39 is 72.2 Å². The van der Waals surface area contributed by atoms with E-state index >= 15 is 0 Å². The number of rotatable bonds is 10. The Balaban J connectivity index is 0.000000158. The van der Waals surface area contributed by atoms with E-state index in [1.807, 2.05) is 19.9 Å². The standard InChI is InChI=1S/C23H23F5N6O.C12H18N4.C10H5BrF5N3O/c1-13-7-20(30-12-29-13)33-9-14-5-6-15(10-33)16(14)8-19-31-22(34(32-19)11-23(26,27)28)35-18-4-2-3-17(24)21(18)25;1-8-4-11(15-7-14-8)16-5-9-2-3-10(6-16)12(9)13;11-8-17-9(19(18-8)4-10(14,15)16)20-6-3-1-2-5(12)7(6)13/h2-4,7,12,14-16H,5-6,8-11H2,1H3;4,7,9-10,12H,2-3,5-6,13H2,1H3;1-3H,4H2. The molecule has 4 atom stereocenters. The topological polar surface area (TPSA) is 164 Å². The van der Waals surface area contributed by atoms with Crippen molar-refractivity contribution in [3.63, 3.8) is 0 Å². The van der Waals surface area contributed by atoms with Gasteiger partial charge < -0.3 is 25.0 Å². The van der Waals surface area contributed by atoms with Crippen molar-refractivity contribution in [1.82, 2.24) is 49.5 Å². The van der Waals surface area contributed by atoms with Crippen LogP contribution in [0, 0.1) is 66.7 Å². The van der Waals surface area contributed by atoms with E-state index in [1.165, 1.54) is 18.9 Å². The number of aryl methyl sites for hydroxylation is 2. The predicted octanol–water partition coefficient (Wildman–Crippen LogP) is 9.35. The van der Waals surface area contributed by atoms with Crippen molar-refractivity contribution in [2.45, 2.75) is 77.4 Å². The summed E-state index contributed by atoms with van der Waals surface area (Å²) in [5, 5.41) is 7.44. The minimum absolute atomic E-state index is 0.173. The highest BCUT2D eigenvalue weighted by atomic mass is 79.9. The highest BCUT2D eigenvalue weighted by Gasteiger charge is 2.44. The van der Waals surface area contributed by atoms with E-state index in [-0.39, 0.29) is 16.5 Å². The van der Waals surface area contributed by atoms with E-state index in [4.69, 9.17) is 15.2 Å². The molecule has 15 nitrogen and oxygen atoms in total. The van der Waals surface area contributed by atoms with Gasteiger partial charge >= 0.3 is 24.4 Å². The van der Waals surface area contributed by atoms with Gasteiger partial charge in [0.15, 0.2) is 29.0 Å². The number of anilines is 2. The van der Waals surface area contributed by atoms with Crippen molar-refractivity contribution in [2.24, 2.45) is 35.3 Å². The van der Waals surface area contributed by atoms with Crippen LogP contribution in [0.3, 0.4) is 0 Å². The first-order valence-corrected chi connectivity index (χ1v) is 23.2. The Morgan fingerprint density at radius 3 is 1.52 bits per heavy atom. The molecule has 10 rings (SSSR count). The Morgan fingerprint density at radius 2 is 1.06 bits per heavy atom. The number of ether oxygens (including phenoxy) is 2. The van der Waals surface area contributed by atoms with Crippen molar-refractivity contribution in [3.05, 3.63) is 106 Å². The third-order valence-electron chi connectivity index (χ3n) is 12.8. The average molecular weight is 1070 g/mol. The molecular weight excluding hydrogens is 1020 g/mol. The molecule has 2 saturated carbocycles. The SMILES string of the molecule is Cc1cc(N2CC3CCC(C2)C3Cc2nc(Oc3cccc(F)c3F)n(CC(F)(F)F)n2)ncn1.Cc1cc(N2CC3CCC(C2)C3N)ncn1.Fc1cccc(Oc2nc(Br)nn2CC(F)(F)F)c1F. The van der Waals surface area contributed by atoms with Crippen molar-refractivity contribution < 1.29 is 53.4 Å². The second-order valence-electron chi connectivity index (χ2n) is 17.8. The maximum atomic E-state index is 14.1.